The Morgan fingerprint density at radius 3 is 2.48 bits per heavy atom. The molecule has 0 aromatic heterocycles. The van der Waals surface area contributed by atoms with Gasteiger partial charge in [-0.15, -0.1) is 0 Å². The van der Waals surface area contributed by atoms with Crippen molar-refractivity contribution in [3.05, 3.63) is 59.3 Å². The first-order chi connectivity index (χ1) is 13.2. The van der Waals surface area contributed by atoms with Crippen LogP contribution in [0, 0.1) is 0 Å². The number of aliphatic imine (C=N–C) groups is 1. The molecule has 1 heterocycles. The fraction of sp³-hybridized carbons (Fsp3) is 0.238. The first-order valence-electron chi connectivity index (χ1n) is 8.71. The Morgan fingerprint density at radius 1 is 1.00 bits per heavy atom. The molecule has 0 saturated carbocycles. The van der Waals surface area contributed by atoms with Crippen molar-refractivity contribution in [1.29, 1.82) is 0 Å². The number of methoxy groups -OCH3 is 1. The zero-order valence-electron chi connectivity index (χ0n) is 15.5. The summed E-state index contributed by atoms with van der Waals surface area (Å²) in [4.78, 5) is 16.6. The van der Waals surface area contributed by atoms with Gasteiger partial charge in [0.1, 0.15) is 5.75 Å². The van der Waals surface area contributed by atoms with Crippen molar-refractivity contribution >= 4 is 17.9 Å². The minimum absolute atomic E-state index is 0.212. The third kappa shape index (κ3) is 4.11. The first kappa shape index (κ1) is 18.5. The average molecular weight is 367 g/mol. The van der Waals surface area contributed by atoms with E-state index in [1.165, 1.54) is 0 Å². The zero-order chi connectivity index (χ0) is 19.2. The van der Waals surface area contributed by atoms with Crippen LogP contribution in [-0.4, -0.2) is 32.2 Å². The molecule has 6 nitrogen and oxygen atoms in total. The van der Waals surface area contributed by atoms with Crippen molar-refractivity contribution in [3.8, 4) is 17.2 Å². The van der Waals surface area contributed by atoms with Crippen molar-refractivity contribution in [1.82, 2.24) is 0 Å². The molecule has 140 valence electrons. The number of para-hydroxylation sites is 1. The highest BCUT2D eigenvalue weighted by molar-refractivity contribution is 6.13. The smallest absolute Gasteiger partial charge is 0.363 e. The van der Waals surface area contributed by atoms with Gasteiger partial charge in [-0.05, 0) is 49.8 Å². The molecule has 1 aliphatic rings. The molecule has 0 fully saturated rings. The number of ether oxygens (including phenoxy) is 4. The monoisotopic (exact) mass is 367 g/mol. The van der Waals surface area contributed by atoms with E-state index in [0.29, 0.717) is 36.0 Å². The molecule has 2 aromatic rings. The maximum atomic E-state index is 12.3. The topological polar surface area (TPSA) is 66.3 Å². The lowest BCUT2D eigenvalue weighted by atomic mass is 10.1. The van der Waals surface area contributed by atoms with Crippen LogP contribution in [0.3, 0.4) is 0 Å². The largest absolute Gasteiger partial charge is 0.493 e. The molecule has 2 aromatic carbocycles. The SMILES string of the molecule is CCOc1cc(C=C2N=C(c3ccccc3OCC)OC2=O)ccc1OC. The molecule has 27 heavy (non-hydrogen) atoms. The van der Waals surface area contributed by atoms with Crippen molar-refractivity contribution in [3.63, 3.8) is 0 Å². The Kier molecular flexibility index (Phi) is 5.76. The van der Waals surface area contributed by atoms with Gasteiger partial charge in [0, 0.05) is 0 Å². The quantitative estimate of drug-likeness (QED) is 0.549. The van der Waals surface area contributed by atoms with E-state index in [0.717, 1.165) is 5.56 Å². The van der Waals surface area contributed by atoms with E-state index in [9.17, 15) is 4.79 Å². The maximum Gasteiger partial charge on any atom is 0.363 e. The van der Waals surface area contributed by atoms with Gasteiger partial charge in [-0.25, -0.2) is 9.79 Å². The second kappa shape index (κ2) is 8.40. The normalized spacial score (nSPS) is 14.7. The van der Waals surface area contributed by atoms with E-state index in [-0.39, 0.29) is 11.6 Å². The standard InChI is InChI=1S/C21H21NO5/c1-4-25-17-9-7-6-8-15(17)20-22-16(21(23)27-20)12-14-10-11-18(24-3)19(13-14)26-5-2/h6-13H,4-5H2,1-3H3. The summed E-state index contributed by atoms with van der Waals surface area (Å²) < 4.78 is 21.8. The fourth-order valence-corrected chi connectivity index (χ4v) is 2.66. The number of rotatable bonds is 7. The minimum Gasteiger partial charge on any atom is -0.493 e. The van der Waals surface area contributed by atoms with Crippen LogP contribution in [0.5, 0.6) is 17.2 Å². The average Bonchev–Trinajstić information content (AvgIpc) is 3.03. The maximum absolute atomic E-state index is 12.3. The lowest BCUT2D eigenvalue weighted by molar-refractivity contribution is -0.129. The van der Waals surface area contributed by atoms with Crippen LogP contribution in [0.4, 0.5) is 0 Å². The van der Waals surface area contributed by atoms with E-state index < -0.39 is 5.97 Å². The molecule has 0 radical (unpaired) electrons. The third-order valence-electron chi connectivity index (χ3n) is 3.83. The molecule has 0 aliphatic carbocycles. The van der Waals surface area contributed by atoms with Gasteiger partial charge < -0.3 is 18.9 Å². The molecular formula is C21H21NO5. The molecule has 0 bridgehead atoms. The summed E-state index contributed by atoms with van der Waals surface area (Å²) in [5.41, 5.74) is 1.61. The molecule has 0 saturated heterocycles. The molecule has 0 N–H and O–H groups in total. The Hall–Kier alpha value is -3.28. The lowest BCUT2D eigenvalue weighted by Crippen LogP contribution is -2.07. The van der Waals surface area contributed by atoms with E-state index in [4.69, 9.17) is 18.9 Å². The van der Waals surface area contributed by atoms with Gasteiger partial charge in [-0.1, -0.05) is 18.2 Å². The number of benzene rings is 2. The number of nitrogens with zero attached hydrogens (tertiary/aromatic N) is 1. The van der Waals surface area contributed by atoms with Crippen LogP contribution < -0.4 is 14.2 Å². The summed E-state index contributed by atoms with van der Waals surface area (Å²) in [6.45, 7) is 4.80. The Labute approximate surface area is 158 Å². The lowest BCUT2D eigenvalue weighted by Gasteiger charge is -2.09. The van der Waals surface area contributed by atoms with Gasteiger partial charge in [0.25, 0.3) is 0 Å². The van der Waals surface area contributed by atoms with Crippen molar-refractivity contribution < 1.29 is 23.7 Å². The molecule has 0 atom stereocenters. The molecular weight excluding hydrogens is 346 g/mol. The number of cyclic esters (lactones) is 1. The van der Waals surface area contributed by atoms with Gasteiger partial charge >= 0.3 is 5.97 Å². The Morgan fingerprint density at radius 2 is 1.74 bits per heavy atom. The van der Waals surface area contributed by atoms with Crippen LogP contribution in [-0.2, 0) is 9.53 Å². The fourth-order valence-electron chi connectivity index (χ4n) is 2.66. The number of carbonyl (C=O) groups excluding carboxylic acids is 1. The van der Waals surface area contributed by atoms with Gasteiger partial charge in [0.15, 0.2) is 17.2 Å². The van der Waals surface area contributed by atoms with Crippen LogP contribution in [0.2, 0.25) is 0 Å². The third-order valence-corrected chi connectivity index (χ3v) is 3.83. The molecule has 3 rings (SSSR count). The van der Waals surface area contributed by atoms with Gasteiger partial charge in [-0.3, -0.25) is 0 Å². The van der Waals surface area contributed by atoms with E-state index in [1.807, 2.05) is 38.1 Å². The summed E-state index contributed by atoms with van der Waals surface area (Å²) in [5, 5.41) is 0. The predicted octanol–water partition coefficient (Wildman–Crippen LogP) is 3.84. The van der Waals surface area contributed by atoms with Gasteiger partial charge in [0.2, 0.25) is 5.90 Å². The van der Waals surface area contributed by atoms with Crippen LogP contribution in [0.15, 0.2) is 53.2 Å². The minimum atomic E-state index is -0.509. The van der Waals surface area contributed by atoms with Gasteiger partial charge in [-0.2, -0.15) is 0 Å². The summed E-state index contributed by atoms with van der Waals surface area (Å²) in [5.74, 6) is 1.57. The summed E-state index contributed by atoms with van der Waals surface area (Å²) in [7, 11) is 1.58. The van der Waals surface area contributed by atoms with Crippen molar-refractivity contribution in [2.45, 2.75) is 13.8 Å². The summed E-state index contributed by atoms with van der Waals surface area (Å²) in [6.07, 6.45) is 1.65. The number of carbonyl (C=O) groups is 1. The highest BCUT2D eigenvalue weighted by Gasteiger charge is 2.26. The van der Waals surface area contributed by atoms with Crippen LogP contribution in [0.1, 0.15) is 25.0 Å². The van der Waals surface area contributed by atoms with Crippen LogP contribution >= 0.6 is 0 Å². The molecule has 0 amide bonds. The highest BCUT2D eigenvalue weighted by Crippen LogP contribution is 2.30. The van der Waals surface area contributed by atoms with Crippen molar-refractivity contribution in [2.24, 2.45) is 4.99 Å². The first-order valence-corrected chi connectivity index (χ1v) is 8.71. The zero-order valence-corrected chi connectivity index (χ0v) is 15.5. The number of hydrogen-bond acceptors (Lipinski definition) is 6. The Balaban J connectivity index is 1.94. The second-order valence-electron chi connectivity index (χ2n) is 5.61. The Bertz CT molecular complexity index is 901. The van der Waals surface area contributed by atoms with E-state index in [1.54, 1.807) is 31.4 Å². The molecule has 1 aliphatic heterocycles. The second-order valence-corrected chi connectivity index (χ2v) is 5.61. The summed E-state index contributed by atoms with van der Waals surface area (Å²) >= 11 is 0. The number of esters is 1. The highest BCUT2D eigenvalue weighted by atomic mass is 16.6. The summed E-state index contributed by atoms with van der Waals surface area (Å²) in [6, 6.07) is 12.7. The van der Waals surface area contributed by atoms with Crippen LogP contribution in [0.25, 0.3) is 6.08 Å². The van der Waals surface area contributed by atoms with Gasteiger partial charge in [0.05, 0.1) is 25.9 Å². The molecule has 6 heteroatoms. The van der Waals surface area contributed by atoms with E-state index >= 15 is 0 Å². The molecule has 0 unspecified atom stereocenters. The number of hydrogen-bond donors (Lipinski definition) is 0. The van der Waals surface area contributed by atoms with Crippen molar-refractivity contribution in [2.75, 3.05) is 20.3 Å². The van der Waals surface area contributed by atoms with E-state index in [2.05, 4.69) is 4.99 Å². The predicted molar refractivity (Wildman–Crippen MR) is 102 cm³/mol. The molecule has 0 spiro atoms.